The van der Waals surface area contributed by atoms with Crippen molar-refractivity contribution in [2.24, 2.45) is 5.28 Å². The van der Waals surface area contributed by atoms with Gasteiger partial charge in [0.2, 0.25) is 0 Å². The zero-order chi connectivity index (χ0) is 7.40. The minimum atomic E-state index is -0.0706. The van der Waals surface area contributed by atoms with Crippen molar-refractivity contribution in [1.82, 2.24) is 0 Å². The van der Waals surface area contributed by atoms with Gasteiger partial charge >= 0.3 is 0 Å². The number of hydrogen-bond acceptors (Lipinski definition) is 2. The van der Waals surface area contributed by atoms with E-state index >= 15 is 0 Å². The van der Waals surface area contributed by atoms with Gasteiger partial charge in [0.15, 0.2) is 11.3 Å². The molecule has 1 aliphatic carbocycles. The van der Waals surface area contributed by atoms with E-state index in [0.29, 0.717) is 4.86 Å². The lowest BCUT2D eigenvalue weighted by Crippen LogP contribution is -2.22. The van der Waals surface area contributed by atoms with Gasteiger partial charge in [-0.15, -0.1) is 0 Å². The van der Waals surface area contributed by atoms with Crippen molar-refractivity contribution in [1.29, 1.82) is 0 Å². The van der Waals surface area contributed by atoms with E-state index in [1.807, 2.05) is 0 Å². The number of nitrogens with zero attached hydrogens (tertiary/aromatic N) is 2. The summed E-state index contributed by atoms with van der Waals surface area (Å²) in [4.78, 5) is 0.416. The van der Waals surface area contributed by atoms with Crippen molar-refractivity contribution >= 4 is 0 Å². The lowest BCUT2D eigenvalue weighted by Gasteiger charge is -2.16. The van der Waals surface area contributed by atoms with Crippen LogP contribution in [0.3, 0.4) is 0 Å². The average Bonchev–Trinajstić information content (AvgIpc) is 2.05. The zero-order valence-electron chi connectivity index (χ0n) is 5.86. The van der Waals surface area contributed by atoms with Gasteiger partial charge in [0, 0.05) is 12.8 Å². The lowest BCUT2D eigenvalue weighted by atomic mass is 9.96. The van der Waals surface area contributed by atoms with Crippen LogP contribution >= 0.6 is 0 Å². The predicted molar refractivity (Wildman–Crippen MR) is 34.7 cm³/mol. The average molecular weight is 144 g/mol. The van der Waals surface area contributed by atoms with Crippen LogP contribution < -0.4 is 0 Å². The van der Waals surface area contributed by atoms with Crippen LogP contribution in [0, 0.1) is 5.21 Å². The maximum atomic E-state index is 10.7. The SMILES string of the molecule is [O-]/[N+](=N/O)C1CCCCC1. The summed E-state index contributed by atoms with van der Waals surface area (Å²) in [6.07, 6.45) is 5.11. The minimum Gasteiger partial charge on any atom is -0.597 e. The van der Waals surface area contributed by atoms with Gasteiger partial charge in [0.25, 0.3) is 0 Å². The molecule has 58 valence electrons. The Morgan fingerprint density at radius 2 is 1.90 bits per heavy atom. The molecule has 10 heavy (non-hydrogen) atoms. The van der Waals surface area contributed by atoms with Crippen molar-refractivity contribution in [2.75, 3.05) is 0 Å². The third-order valence-electron chi connectivity index (χ3n) is 1.98. The zero-order valence-corrected chi connectivity index (χ0v) is 5.86. The second kappa shape index (κ2) is 3.39. The Morgan fingerprint density at radius 3 is 2.40 bits per heavy atom. The van der Waals surface area contributed by atoms with Crippen LogP contribution in [-0.4, -0.2) is 16.1 Å². The van der Waals surface area contributed by atoms with Crippen LogP contribution in [0.5, 0.6) is 0 Å². The standard InChI is InChI=1S/C6H12N2O2/c9-7-8(10)6-4-2-1-3-5-6/h6,9H,1-5H2/b8-7+. The molecule has 0 unspecified atom stereocenters. The highest BCUT2D eigenvalue weighted by Gasteiger charge is 2.21. The Bertz CT molecular complexity index is 130. The van der Waals surface area contributed by atoms with Gasteiger partial charge in [-0.1, -0.05) is 11.3 Å². The molecule has 0 heterocycles. The summed E-state index contributed by atoms with van der Waals surface area (Å²) in [5.41, 5.74) is 0. The summed E-state index contributed by atoms with van der Waals surface area (Å²) in [6.45, 7) is 0. The quantitative estimate of drug-likeness (QED) is 0.345. The fourth-order valence-electron chi connectivity index (χ4n) is 1.37. The molecule has 4 heteroatoms. The highest BCUT2D eigenvalue weighted by atomic mass is 16.6. The third-order valence-corrected chi connectivity index (χ3v) is 1.98. The van der Waals surface area contributed by atoms with E-state index in [9.17, 15) is 5.21 Å². The molecule has 4 nitrogen and oxygen atoms in total. The first kappa shape index (κ1) is 7.31. The second-order valence-electron chi connectivity index (χ2n) is 2.68. The highest BCUT2D eigenvalue weighted by Crippen LogP contribution is 2.19. The fourth-order valence-corrected chi connectivity index (χ4v) is 1.37. The maximum Gasteiger partial charge on any atom is 0.197 e. The summed E-state index contributed by atoms with van der Waals surface area (Å²) in [5, 5.41) is 21.4. The van der Waals surface area contributed by atoms with Crippen LogP contribution in [0.1, 0.15) is 32.1 Å². The van der Waals surface area contributed by atoms with Crippen LogP contribution in [0.25, 0.3) is 0 Å². The first-order valence-corrected chi connectivity index (χ1v) is 3.66. The molecule has 0 bridgehead atoms. The van der Waals surface area contributed by atoms with E-state index in [1.54, 1.807) is 0 Å². The van der Waals surface area contributed by atoms with E-state index < -0.39 is 0 Å². The lowest BCUT2D eigenvalue weighted by molar-refractivity contribution is -0.594. The smallest absolute Gasteiger partial charge is 0.197 e. The van der Waals surface area contributed by atoms with Gasteiger partial charge in [0.05, 0.1) is 0 Å². The van der Waals surface area contributed by atoms with Crippen LogP contribution in [-0.2, 0) is 0 Å². The number of hydrogen-bond donors (Lipinski definition) is 1. The predicted octanol–water partition coefficient (Wildman–Crippen LogP) is 1.67. The third kappa shape index (κ3) is 1.59. The molecule has 0 spiro atoms. The molecule has 0 atom stereocenters. The number of hydroxylamine groups is 1. The van der Waals surface area contributed by atoms with E-state index in [0.717, 1.165) is 25.7 Å². The fraction of sp³-hybridized carbons (Fsp3) is 1.00. The first-order chi connectivity index (χ1) is 4.84. The highest BCUT2D eigenvalue weighted by molar-refractivity contribution is 4.62. The molecule has 0 aromatic carbocycles. The Kier molecular flexibility index (Phi) is 2.48. The van der Waals surface area contributed by atoms with Crippen molar-refractivity contribution in [2.45, 2.75) is 38.1 Å². The molecule has 0 aromatic rings. The maximum absolute atomic E-state index is 10.7. The normalized spacial score (nSPS) is 23.0. The monoisotopic (exact) mass is 144 g/mol. The molecule has 0 amide bonds. The molecule has 1 fully saturated rings. The van der Waals surface area contributed by atoms with Gasteiger partial charge < -0.3 is 10.4 Å². The Hall–Kier alpha value is -0.800. The van der Waals surface area contributed by atoms with E-state index in [4.69, 9.17) is 5.21 Å². The molecule has 0 radical (unpaired) electrons. The Labute approximate surface area is 59.7 Å². The van der Waals surface area contributed by atoms with Crippen molar-refractivity contribution in [3.05, 3.63) is 5.21 Å². The summed E-state index contributed by atoms with van der Waals surface area (Å²) in [5.74, 6) is 0. The molecule has 0 saturated heterocycles. The molecular weight excluding hydrogens is 132 g/mol. The van der Waals surface area contributed by atoms with Crippen LogP contribution in [0.2, 0.25) is 0 Å². The summed E-state index contributed by atoms with van der Waals surface area (Å²) < 4.78 is 0. The molecule has 0 aliphatic heterocycles. The molecule has 1 rings (SSSR count). The van der Waals surface area contributed by atoms with Gasteiger partial charge in [-0.05, 0) is 12.8 Å². The summed E-state index contributed by atoms with van der Waals surface area (Å²) >= 11 is 0. The molecule has 1 saturated carbocycles. The molecule has 0 aromatic heterocycles. The second-order valence-corrected chi connectivity index (χ2v) is 2.68. The Morgan fingerprint density at radius 1 is 1.30 bits per heavy atom. The van der Waals surface area contributed by atoms with E-state index in [2.05, 4.69) is 5.28 Å². The minimum absolute atomic E-state index is 0.0706. The molecule has 1 N–H and O–H groups in total. The van der Waals surface area contributed by atoms with Crippen LogP contribution in [0.4, 0.5) is 0 Å². The largest absolute Gasteiger partial charge is 0.597 e. The Balaban J connectivity index is 2.39. The van der Waals surface area contributed by atoms with Crippen molar-refractivity contribution < 1.29 is 10.1 Å². The van der Waals surface area contributed by atoms with Gasteiger partial charge in [-0.3, -0.25) is 0 Å². The van der Waals surface area contributed by atoms with Crippen LogP contribution in [0.15, 0.2) is 5.28 Å². The first-order valence-electron chi connectivity index (χ1n) is 3.66. The van der Waals surface area contributed by atoms with Gasteiger partial charge in [0.1, 0.15) is 0 Å². The summed E-state index contributed by atoms with van der Waals surface area (Å²) in [6, 6.07) is -0.0706. The molecular formula is C6H12N2O2. The van der Waals surface area contributed by atoms with Crippen molar-refractivity contribution in [3.8, 4) is 0 Å². The summed E-state index contributed by atoms with van der Waals surface area (Å²) in [7, 11) is 0. The van der Waals surface area contributed by atoms with Crippen molar-refractivity contribution in [3.63, 3.8) is 0 Å². The number of rotatable bonds is 1. The van der Waals surface area contributed by atoms with E-state index in [1.165, 1.54) is 6.42 Å². The molecule has 1 aliphatic rings. The topological polar surface area (TPSA) is 58.7 Å². The van der Waals surface area contributed by atoms with E-state index in [-0.39, 0.29) is 6.04 Å². The van der Waals surface area contributed by atoms with Gasteiger partial charge in [-0.2, -0.15) is 0 Å². The van der Waals surface area contributed by atoms with Gasteiger partial charge in [-0.25, -0.2) is 0 Å².